The van der Waals surface area contributed by atoms with Gasteiger partial charge in [-0.3, -0.25) is 18.7 Å². The number of aromatic nitrogens is 6. The first-order chi connectivity index (χ1) is 16.1. The predicted octanol–water partition coefficient (Wildman–Crippen LogP) is 2.47. The van der Waals surface area contributed by atoms with E-state index in [-0.39, 0.29) is 30.0 Å². The second-order valence-corrected chi connectivity index (χ2v) is 7.41. The van der Waals surface area contributed by atoms with Crippen molar-refractivity contribution >= 4 is 17.5 Å². The second-order valence-electron chi connectivity index (χ2n) is 7.41. The molecule has 0 aliphatic carbocycles. The van der Waals surface area contributed by atoms with Gasteiger partial charge in [0.1, 0.15) is 12.0 Å². The predicted molar refractivity (Wildman–Crippen MR) is 117 cm³/mol. The lowest BCUT2D eigenvalue weighted by molar-refractivity contribution is 0.0928. The van der Waals surface area contributed by atoms with Gasteiger partial charge >= 0.3 is 0 Å². The van der Waals surface area contributed by atoms with E-state index in [2.05, 4.69) is 25.4 Å². The molecular weight excluding hydrogens is 422 g/mol. The number of oxazole rings is 1. The van der Waals surface area contributed by atoms with Gasteiger partial charge in [-0.1, -0.05) is 30.3 Å². The molecule has 0 fully saturated rings. The van der Waals surface area contributed by atoms with Crippen molar-refractivity contribution in [2.45, 2.75) is 13.0 Å². The highest BCUT2D eigenvalue weighted by Crippen LogP contribution is 2.18. The molecule has 4 heterocycles. The smallest absolute Gasteiger partial charge is 0.255 e. The Kier molecular flexibility index (Phi) is 5.23. The molecule has 0 unspecified atom stereocenters. The van der Waals surface area contributed by atoms with Crippen LogP contribution in [0.3, 0.4) is 0 Å². The normalized spacial score (nSPS) is 11.1. The largest absolute Gasteiger partial charge is 0.451 e. The van der Waals surface area contributed by atoms with E-state index in [9.17, 15) is 9.59 Å². The molecule has 33 heavy (non-hydrogen) atoms. The fourth-order valence-corrected chi connectivity index (χ4v) is 3.53. The Morgan fingerprint density at radius 1 is 1.09 bits per heavy atom. The number of hydrogen-bond acceptors (Lipinski definition) is 7. The number of aryl methyl sites for hydroxylation is 1. The lowest BCUT2D eigenvalue weighted by atomic mass is 10.1. The number of carbonyl (C=O) groups excluding carboxylic acids is 2. The number of Topliss-reactive ketones (excluding diaryl/α,β-unsaturated/α-hetero) is 1. The number of nitrogens with zero attached hydrogens (tertiary/aromatic N) is 6. The van der Waals surface area contributed by atoms with Gasteiger partial charge in [0.25, 0.3) is 5.91 Å². The minimum Gasteiger partial charge on any atom is -0.451 e. The van der Waals surface area contributed by atoms with E-state index in [0.29, 0.717) is 17.2 Å². The van der Waals surface area contributed by atoms with Gasteiger partial charge in [-0.2, -0.15) is 5.10 Å². The van der Waals surface area contributed by atoms with Crippen molar-refractivity contribution in [3.63, 3.8) is 0 Å². The number of rotatable bonds is 7. The van der Waals surface area contributed by atoms with Gasteiger partial charge in [-0.25, -0.2) is 15.0 Å². The molecule has 1 aromatic carbocycles. The zero-order valence-electron chi connectivity index (χ0n) is 17.7. The van der Waals surface area contributed by atoms with Crippen LogP contribution in [-0.2, 0) is 20.0 Å². The first kappa shape index (κ1) is 20.3. The van der Waals surface area contributed by atoms with E-state index in [1.807, 2.05) is 47.1 Å². The van der Waals surface area contributed by atoms with Crippen LogP contribution < -0.4 is 5.32 Å². The highest BCUT2D eigenvalue weighted by Gasteiger charge is 2.23. The van der Waals surface area contributed by atoms with Crippen molar-refractivity contribution in [3.05, 3.63) is 90.3 Å². The average molecular weight is 441 g/mol. The summed E-state index contributed by atoms with van der Waals surface area (Å²) >= 11 is 0. The van der Waals surface area contributed by atoms with Crippen LogP contribution in [0.5, 0.6) is 0 Å². The molecule has 0 aliphatic heterocycles. The molecule has 0 spiro atoms. The Hall–Kier alpha value is -4.60. The summed E-state index contributed by atoms with van der Waals surface area (Å²) in [6.07, 6.45) is 7.82. The molecule has 0 aliphatic rings. The Morgan fingerprint density at radius 3 is 2.73 bits per heavy atom. The number of amides is 1. The highest BCUT2D eigenvalue weighted by atomic mass is 16.3. The van der Waals surface area contributed by atoms with Crippen molar-refractivity contribution < 1.29 is 14.0 Å². The first-order valence-corrected chi connectivity index (χ1v) is 10.2. The second kappa shape index (κ2) is 8.50. The quantitative estimate of drug-likeness (QED) is 0.385. The SMILES string of the molecule is Cn1ncc(C(=O)NCc2cocn2)c1C(=O)Cc1ccn2cc(-c3ccccc3)nc2n1. The van der Waals surface area contributed by atoms with Gasteiger partial charge in [0.05, 0.1) is 41.8 Å². The van der Waals surface area contributed by atoms with Crippen molar-refractivity contribution in [1.82, 2.24) is 34.4 Å². The molecule has 0 bridgehead atoms. The van der Waals surface area contributed by atoms with Crippen LogP contribution in [0.2, 0.25) is 0 Å². The maximum absolute atomic E-state index is 13.1. The summed E-state index contributed by atoms with van der Waals surface area (Å²) in [5, 5.41) is 6.82. The van der Waals surface area contributed by atoms with Crippen molar-refractivity contribution in [2.24, 2.45) is 7.05 Å². The summed E-state index contributed by atoms with van der Waals surface area (Å²) in [5.41, 5.74) is 3.31. The van der Waals surface area contributed by atoms with Gasteiger partial charge in [0.2, 0.25) is 5.78 Å². The number of nitrogens with one attached hydrogen (secondary N) is 1. The highest BCUT2D eigenvalue weighted by molar-refractivity contribution is 6.07. The number of benzene rings is 1. The van der Waals surface area contributed by atoms with E-state index in [1.54, 1.807) is 13.1 Å². The Morgan fingerprint density at radius 2 is 1.94 bits per heavy atom. The standard InChI is InChI=1S/C23H19N7O3/c1-29-21(18(11-26-29)22(32)24-10-17-13-33-14-25-17)20(31)9-16-7-8-30-12-19(28-23(30)27-16)15-5-3-2-4-6-15/h2-8,11-14H,9-10H2,1H3,(H,24,32). The first-order valence-electron chi connectivity index (χ1n) is 10.2. The summed E-state index contributed by atoms with van der Waals surface area (Å²) in [4.78, 5) is 38.8. The van der Waals surface area contributed by atoms with Gasteiger partial charge in [0, 0.05) is 25.0 Å². The van der Waals surface area contributed by atoms with Crippen molar-refractivity contribution in [2.75, 3.05) is 0 Å². The monoisotopic (exact) mass is 441 g/mol. The van der Waals surface area contributed by atoms with Gasteiger partial charge in [0.15, 0.2) is 12.2 Å². The fourth-order valence-electron chi connectivity index (χ4n) is 3.53. The van der Waals surface area contributed by atoms with E-state index in [1.165, 1.54) is 23.5 Å². The van der Waals surface area contributed by atoms with Crippen LogP contribution >= 0.6 is 0 Å². The molecule has 10 nitrogen and oxygen atoms in total. The van der Waals surface area contributed by atoms with Gasteiger partial charge in [-0.05, 0) is 6.07 Å². The number of hydrogen-bond donors (Lipinski definition) is 1. The van der Waals surface area contributed by atoms with Crippen LogP contribution in [-0.4, -0.2) is 40.8 Å². The fraction of sp³-hybridized carbons (Fsp3) is 0.130. The molecule has 0 radical (unpaired) electrons. The van der Waals surface area contributed by atoms with Crippen LogP contribution in [0.25, 0.3) is 17.0 Å². The van der Waals surface area contributed by atoms with E-state index < -0.39 is 5.91 Å². The molecule has 0 saturated heterocycles. The number of carbonyl (C=O) groups is 2. The third-order valence-electron chi connectivity index (χ3n) is 5.16. The number of imidazole rings is 1. The molecule has 5 rings (SSSR count). The summed E-state index contributed by atoms with van der Waals surface area (Å²) < 4.78 is 8.10. The van der Waals surface area contributed by atoms with E-state index in [4.69, 9.17) is 4.42 Å². The van der Waals surface area contributed by atoms with Crippen LogP contribution in [0.15, 0.2) is 72.1 Å². The molecular formula is C23H19N7O3. The lowest BCUT2D eigenvalue weighted by Crippen LogP contribution is -2.25. The number of fused-ring (bicyclic) bond motifs is 1. The molecule has 10 heteroatoms. The molecule has 5 aromatic rings. The van der Waals surface area contributed by atoms with Crippen LogP contribution in [0, 0.1) is 0 Å². The molecule has 1 N–H and O–H groups in total. The Bertz CT molecular complexity index is 1440. The van der Waals surface area contributed by atoms with Crippen LogP contribution in [0.1, 0.15) is 32.2 Å². The topological polar surface area (TPSA) is 120 Å². The zero-order valence-corrected chi connectivity index (χ0v) is 17.7. The maximum Gasteiger partial charge on any atom is 0.255 e. The third-order valence-corrected chi connectivity index (χ3v) is 5.16. The maximum atomic E-state index is 13.1. The van der Waals surface area contributed by atoms with E-state index >= 15 is 0 Å². The molecule has 4 aromatic heterocycles. The number of ketones is 1. The van der Waals surface area contributed by atoms with Crippen molar-refractivity contribution in [3.8, 4) is 11.3 Å². The average Bonchev–Trinajstić information content (AvgIpc) is 3.57. The molecule has 164 valence electrons. The molecule has 1 amide bonds. The summed E-state index contributed by atoms with van der Waals surface area (Å²) in [6.45, 7) is 0.180. The zero-order chi connectivity index (χ0) is 22.8. The minimum atomic E-state index is -0.418. The van der Waals surface area contributed by atoms with E-state index in [0.717, 1.165) is 11.3 Å². The lowest BCUT2D eigenvalue weighted by Gasteiger charge is -2.06. The van der Waals surface area contributed by atoms with Crippen LogP contribution in [0.4, 0.5) is 0 Å². The Balaban J connectivity index is 1.35. The summed E-state index contributed by atoms with van der Waals surface area (Å²) in [5.74, 6) is -0.193. The van der Waals surface area contributed by atoms with Crippen molar-refractivity contribution in [1.29, 1.82) is 0 Å². The van der Waals surface area contributed by atoms with Gasteiger partial charge in [-0.15, -0.1) is 0 Å². The summed E-state index contributed by atoms with van der Waals surface area (Å²) in [7, 11) is 1.62. The van der Waals surface area contributed by atoms with Gasteiger partial charge < -0.3 is 9.73 Å². The minimum absolute atomic E-state index is 0.00707. The Labute approximate surface area is 187 Å². The summed E-state index contributed by atoms with van der Waals surface area (Å²) in [6, 6.07) is 11.6. The molecule has 0 atom stereocenters. The third kappa shape index (κ3) is 4.13. The molecule has 0 saturated carbocycles.